The normalized spacial score (nSPS) is 10.5. The van der Waals surface area contributed by atoms with E-state index in [-0.39, 0.29) is 0 Å². The van der Waals surface area contributed by atoms with Gasteiger partial charge in [-0.15, -0.1) is 0 Å². The van der Waals surface area contributed by atoms with Crippen molar-refractivity contribution in [2.24, 2.45) is 5.84 Å². The van der Waals surface area contributed by atoms with E-state index in [4.69, 9.17) is 17.4 Å². The van der Waals surface area contributed by atoms with Gasteiger partial charge in [-0.1, -0.05) is 36.3 Å². The molecule has 2 aromatic rings. The van der Waals surface area contributed by atoms with Crippen molar-refractivity contribution in [2.75, 3.05) is 5.43 Å². The Morgan fingerprint density at radius 1 is 1.47 bits per heavy atom. The second-order valence-corrected chi connectivity index (χ2v) is 5.09. The van der Waals surface area contributed by atoms with Crippen LogP contribution in [0.1, 0.15) is 19.0 Å². The summed E-state index contributed by atoms with van der Waals surface area (Å²) in [7, 11) is 0. The van der Waals surface area contributed by atoms with Crippen LogP contribution in [0.2, 0.25) is 4.34 Å². The molecule has 90 valence electrons. The Bertz CT molecular complexity index is 513. The third-order valence-electron chi connectivity index (χ3n) is 2.10. The lowest BCUT2D eigenvalue weighted by Crippen LogP contribution is -2.10. The largest absolute Gasteiger partial charge is 0.308 e. The van der Waals surface area contributed by atoms with Gasteiger partial charge in [0.05, 0.1) is 6.20 Å². The minimum atomic E-state index is 0.556. The van der Waals surface area contributed by atoms with Gasteiger partial charge in [-0.2, -0.15) is 0 Å². The molecule has 0 saturated heterocycles. The average molecular weight is 270 g/mol. The molecular weight excluding hydrogens is 258 g/mol. The van der Waals surface area contributed by atoms with Gasteiger partial charge in [0.1, 0.15) is 10.2 Å². The van der Waals surface area contributed by atoms with Gasteiger partial charge < -0.3 is 5.43 Å². The van der Waals surface area contributed by atoms with Gasteiger partial charge in [-0.05, 0) is 6.42 Å². The van der Waals surface area contributed by atoms with Gasteiger partial charge in [-0.3, -0.25) is 0 Å². The van der Waals surface area contributed by atoms with Crippen LogP contribution >= 0.6 is 22.9 Å². The first-order valence-electron chi connectivity index (χ1n) is 5.19. The highest BCUT2D eigenvalue weighted by atomic mass is 35.5. The number of hydrogen-bond donors (Lipinski definition) is 2. The van der Waals surface area contributed by atoms with E-state index in [1.165, 1.54) is 11.3 Å². The highest BCUT2D eigenvalue weighted by Gasteiger charge is 2.09. The minimum Gasteiger partial charge on any atom is -0.308 e. The molecule has 7 heteroatoms. The predicted molar refractivity (Wildman–Crippen MR) is 70.0 cm³/mol. The number of halogens is 1. The molecule has 0 bridgehead atoms. The number of nitrogens with two attached hydrogens (primary N) is 1. The summed E-state index contributed by atoms with van der Waals surface area (Å²) in [6.45, 7) is 2.09. The lowest BCUT2D eigenvalue weighted by molar-refractivity contribution is 0.875. The SMILES string of the molecule is CCCc1cc(NN)nc(-c2ncc(Cl)s2)n1. The quantitative estimate of drug-likeness (QED) is 0.659. The van der Waals surface area contributed by atoms with Crippen LogP contribution in [0, 0.1) is 0 Å². The average Bonchev–Trinajstić information content (AvgIpc) is 2.76. The molecule has 0 fully saturated rings. The first kappa shape index (κ1) is 12.2. The van der Waals surface area contributed by atoms with Gasteiger partial charge in [0, 0.05) is 11.8 Å². The van der Waals surface area contributed by atoms with Crippen molar-refractivity contribution < 1.29 is 0 Å². The van der Waals surface area contributed by atoms with Gasteiger partial charge in [0.2, 0.25) is 0 Å². The molecule has 0 radical (unpaired) electrons. The number of anilines is 1. The van der Waals surface area contributed by atoms with Gasteiger partial charge in [0.15, 0.2) is 10.8 Å². The lowest BCUT2D eigenvalue weighted by Gasteiger charge is -2.05. The molecule has 2 rings (SSSR count). The Morgan fingerprint density at radius 2 is 2.29 bits per heavy atom. The van der Waals surface area contributed by atoms with Gasteiger partial charge in [-0.25, -0.2) is 20.8 Å². The number of nitrogens with zero attached hydrogens (tertiary/aromatic N) is 3. The van der Waals surface area contributed by atoms with Gasteiger partial charge >= 0.3 is 0 Å². The van der Waals surface area contributed by atoms with Crippen LogP contribution in [0.25, 0.3) is 10.8 Å². The zero-order valence-electron chi connectivity index (χ0n) is 9.27. The maximum Gasteiger partial charge on any atom is 0.191 e. The number of aryl methyl sites for hydroxylation is 1. The molecule has 0 unspecified atom stereocenters. The maximum absolute atomic E-state index is 5.85. The summed E-state index contributed by atoms with van der Waals surface area (Å²) in [6.07, 6.45) is 3.48. The standard InChI is InChI=1S/C10H12ClN5S/c1-2-3-6-4-8(16-12)15-9(14-6)10-13-5-7(11)17-10/h4-5H,2-3,12H2,1H3,(H,14,15,16). The second kappa shape index (κ2) is 5.39. The van der Waals surface area contributed by atoms with Gasteiger partial charge in [0.25, 0.3) is 0 Å². The molecule has 0 aliphatic rings. The zero-order valence-corrected chi connectivity index (χ0v) is 10.8. The number of hydrogen-bond acceptors (Lipinski definition) is 6. The van der Waals surface area contributed by atoms with Crippen molar-refractivity contribution in [1.82, 2.24) is 15.0 Å². The molecule has 0 aromatic carbocycles. The third kappa shape index (κ3) is 2.91. The van der Waals surface area contributed by atoms with Crippen LogP contribution in [0.4, 0.5) is 5.82 Å². The Hall–Kier alpha value is -1.24. The summed E-state index contributed by atoms with van der Waals surface area (Å²) in [5, 5.41) is 0.699. The Kier molecular flexibility index (Phi) is 3.88. The topological polar surface area (TPSA) is 76.7 Å². The van der Waals surface area contributed by atoms with E-state index >= 15 is 0 Å². The number of nitrogens with one attached hydrogen (secondary N) is 1. The molecule has 2 heterocycles. The molecule has 0 spiro atoms. The van der Waals surface area contributed by atoms with Crippen LogP contribution in [-0.2, 0) is 6.42 Å². The molecule has 0 aliphatic heterocycles. The third-order valence-corrected chi connectivity index (χ3v) is 3.21. The fourth-order valence-electron chi connectivity index (χ4n) is 1.41. The molecule has 2 aromatic heterocycles. The van der Waals surface area contributed by atoms with E-state index < -0.39 is 0 Å². The van der Waals surface area contributed by atoms with E-state index in [0.717, 1.165) is 18.5 Å². The van der Waals surface area contributed by atoms with E-state index in [0.29, 0.717) is 21.0 Å². The Balaban J connectivity index is 2.42. The molecule has 0 amide bonds. The van der Waals surface area contributed by atoms with Crippen LogP contribution in [0.5, 0.6) is 0 Å². The van der Waals surface area contributed by atoms with Crippen molar-refractivity contribution in [1.29, 1.82) is 0 Å². The highest BCUT2D eigenvalue weighted by Crippen LogP contribution is 2.26. The van der Waals surface area contributed by atoms with Crippen LogP contribution < -0.4 is 11.3 Å². The lowest BCUT2D eigenvalue weighted by atomic mass is 10.2. The van der Waals surface area contributed by atoms with Crippen molar-refractivity contribution in [3.63, 3.8) is 0 Å². The molecule has 17 heavy (non-hydrogen) atoms. The summed E-state index contributed by atoms with van der Waals surface area (Å²) in [4.78, 5) is 12.9. The van der Waals surface area contributed by atoms with E-state index in [2.05, 4.69) is 27.3 Å². The Labute approximate surface area is 108 Å². The van der Waals surface area contributed by atoms with Crippen molar-refractivity contribution >= 4 is 28.8 Å². The first-order chi connectivity index (χ1) is 8.22. The molecular formula is C10H12ClN5S. The molecule has 3 N–H and O–H groups in total. The van der Waals surface area contributed by atoms with E-state index in [1.54, 1.807) is 6.20 Å². The molecule has 0 saturated carbocycles. The van der Waals surface area contributed by atoms with E-state index in [1.807, 2.05) is 6.07 Å². The van der Waals surface area contributed by atoms with Crippen molar-refractivity contribution in [3.05, 3.63) is 22.3 Å². The summed E-state index contributed by atoms with van der Waals surface area (Å²) in [6, 6.07) is 1.84. The maximum atomic E-state index is 5.85. The number of thiazole rings is 1. The molecule has 5 nitrogen and oxygen atoms in total. The summed E-state index contributed by atoms with van der Waals surface area (Å²) in [5.74, 6) is 6.53. The molecule has 0 aliphatic carbocycles. The van der Waals surface area contributed by atoms with Crippen LogP contribution in [-0.4, -0.2) is 15.0 Å². The Morgan fingerprint density at radius 3 is 2.88 bits per heavy atom. The number of rotatable bonds is 4. The number of hydrazine groups is 1. The number of aromatic nitrogens is 3. The first-order valence-corrected chi connectivity index (χ1v) is 6.38. The monoisotopic (exact) mass is 269 g/mol. The van der Waals surface area contributed by atoms with Crippen LogP contribution in [0.3, 0.4) is 0 Å². The highest BCUT2D eigenvalue weighted by molar-refractivity contribution is 7.18. The zero-order chi connectivity index (χ0) is 12.3. The summed E-state index contributed by atoms with van der Waals surface area (Å²) >= 11 is 7.19. The van der Waals surface area contributed by atoms with Crippen molar-refractivity contribution in [3.8, 4) is 10.8 Å². The number of nitrogen functional groups attached to an aromatic ring is 1. The second-order valence-electron chi connectivity index (χ2n) is 3.43. The minimum absolute atomic E-state index is 0.556. The fourth-order valence-corrected chi connectivity index (χ4v) is 2.26. The van der Waals surface area contributed by atoms with Crippen LogP contribution in [0.15, 0.2) is 12.3 Å². The van der Waals surface area contributed by atoms with Crippen molar-refractivity contribution in [2.45, 2.75) is 19.8 Å². The van der Waals surface area contributed by atoms with E-state index in [9.17, 15) is 0 Å². The molecule has 0 atom stereocenters. The summed E-state index contributed by atoms with van der Waals surface area (Å²) in [5.41, 5.74) is 3.48. The fraction of sp³-hybridized carbons (Fsp3) is 0.300. The predicted octanol–water partition coefficient (Wildman–Crippen LogP) is 2.49. The smallest absolute Gasteiger partial charge is 0.191 e. The summed E-state index contributed by atoms with van der Waals surface area (Å²) < 4.78 is 0.617.